The Morgan fingerprint density at radius 2 is 1.08 bits per heavy atom. The maximum absolute atomic E-state index is 12.1. The number of carboxylic acids is 1. The van der Waals surface area contributed by atoms with Crippen LogP contribution < -0.4 is 30.1 Å². The van der Waals surface area contributed by atoms with Gasteiger partial charge in [-0.05, 0) is 46.8 Å². The number of ketones is 2. The Bertz CT molecular complexity index is 2900. The fourth-order valence-corrected chi connectivity index (χ4v) is 6.15. The molecule has 0 fully saturated rings. The zero-order valence-corrected chi connectivity index (χ0v) is 37.1. The van der Waals surface area contributed by atoms with Crippen LogP contribution in [0.2, 0.25) is 0 Å². The predicted octanol–water partition coefficient (Wildman–Crippen LogP) is 2.95. The van der Waals surface area contributed by atoms with Gasteiger partial charge in [0.25, 0.3) is 0 Å². The van der Waals surface area contributed by atoms with E-state index in [0.29, 0.717) is 23.7 Å². The van der Waals surface area contributed by atoms with Crippen LogP contribution in [0.15, 0.2) is 122 Å². The summed E-state index contributed by atoms with van der Waals surface area (Å²) in [6.07, 6.45) is 10.0. The van der Waals surface area contributed by atoms with Crippen LogP contribution >= 0.6 is 0 Å². The summed E-state index contributed by atoms with van der Waals surface area (Å²) in [6, 6.07) is 26.8. The van der Waals surface area contributed by atoms with E-state index in [0.717, 1.165) is 49.4 Å². The number of nitrogen functional groups attached to an aromatic ring is 1. The minimum Gasteiger partial charge on any atom is -0.870 e. The third-order valence-electron chi connectivity index (χ3n) is 8.85. The zero-order valence-electron chi connectivity index (χ0n) is 37.1. The molecule has 0 aliphatic heterocycles. The number of aromatic carboxylic acids is 1. The Labute approximate surface area is 390 Å². The van der Waals surface area contributed by atoms with Crippen molar-refractivity contribution in [3.05, 3.63) is 145 Å². The van der Waals surface area contributed by atoms with Crippen molar-refractivity contribution in [1.82, 2.24) is 34.5 Å². The fraction of sp³-hybridized carbons (Fsp3) is 0.174. The second-order valence-electron chi connectivity index (χ2n) is 13.5. The third-order valence-corrected chi connectivity index (χ3v) is 8.85. The van der Waals surface area contributed by atoms with Crippen molar-refractivity contribution in [2.45, 2.75) is 41.0 Å². The number of anilines is 1. The van der Waals surface area contributed by atoms with Gasteiger partial charge < -0.3 is 31.0 Å². The van der Waals surface area contributed by atoms with Crippen LogP contribution in [-0.2, 0) is 23.9 Å². The number of Topliss-reactive ketones (excluding diaryl/α,β-unsaturated/α-hetero) is 2. The van der Waals surface area contributed by atoms with E-state index in [-0.39, 0.29) is 60.3 Å². The Balaban J connectivity index is 0.000000308. The molecule has 0 unspecified atom stereocenters. The Hall–Kier alpha value is -7.66. The van der Waals surface area contributed by atoms with Crippen LogP contribution in [0.25, 0.3) is 43.7 Å². The molecule has 0 atom stereocenters. The molecular formula is C46H48LiN9O10. The van der Waals surface area contributed by atoms with Gasteiger partial charge >= 0.3 is 36.8 Å². The number of aryl methyl sites for hydroxylation is 2. The van der Waals surface area contributed by atoms with Crippen molar-refractivity contribution < 1.29 is 68.4 Å². The van der Waals surface area contributed by atoms with E-state index in [4.69, 9.17) is 10.6 Å². The van der Waals surface area contributed by atoms with Gasteiger partial charge in [-0.2, -0.15) is 10.2 Å². The van der Waals surface area contributed by atoms with Crippen molar-refractivity contribution >= 4 is 67.5 Å². The second-order valence-corrected chi connectivity index (χ2v) is 13.5. The molecule has 8 rings (SSSR count). The molecule has 19 nitrogen and oxygen atoms in total. The molecule has 0 radical (unpaired) electrons. The molecule has 0 aliphatic carbocycles. The molecule has 0 bridgehead atoms. The Kier molecular flexibility index (Phi) is 21.6. The number of hydrogen-bond acceptors (Lipinski definition) is 15. The number of carbonyl (C=O) groups is 5. The minimum absolute atomic E-state index is 0. The SMILES string of the molecule is CCOC(=O)C(=O)CC(C)=O.CCOC(=O)c1cc(C)nn1-c1cncc2ccccc12.Cc1cc(C(=O)O)n(-c2cncc3ccccc23)n1.NNc1cncc2ccccc12.O.[Li+].[OH-]. The van der Waals surface area contributed by atoms with Crippen molar-refractivity contribution in [2.24, 2.45) is 5.84 Å². The molecule has 7 N–H and O–H groups in total. The van der Waals surface area contributed by atoms with Gasteiger partial charge in [-0.3, -0.25) is 30.4 Å². The van der Waals surface area contributed by atoms with Crippen molar-refractivity contribution in [1.29, 1.82) is 0 Å². The van der Waals surface area contributed by atoms with Gasteiger partial charge in [0.15, 0.2) is 11.4 Å². The predicted molar refractivity (Wildman–Crippen MR) is 242 cm³/mol. The number of fused-ring (bicyclic) bond motifs is 3. The molecule has 0 saturated heterocycles. The van der Waals surface area contributed by atoms with E-state index >= 15 is 0 Å². The number of hydrazine groups is 1. The summed E-state index contributed by atoms with van der Waals surface area (Å²) in [5.74, 6) is 1.90. The number of ether oxygens (including phenoxy) is 2. The van der Waals surface area contributed by atoms with Crippen LogP contribution in [0.3, 0.4) is 0 Å². The van der Waals surface area contributed by atoms with Crippen molar-refractivity contribution in [3.8, 4) is 11.4 Å². The van der Waals surface area contributed by atoms with E-state index in [9.17, 15) is 29.1 Å². The van der Waals surface area contributed by atoms with Gasteiger partial charge in [0.2, 0.25) is 5.78 Å². The summed E-state index contributed by atoms with van der Waals surface area (Å²) in [5.41, 5.74) is 6.86. The average Bonchev–Trinajstić information content (AvgIpc) is 3.88. The molecular weight excluding hydrogens is 845 g/mol. The molecule has 0 aliphatic rings. The maximum Gasteiger partial charge on any atom is 1.00 e. The quantitative estimate of drug-likeness (QED) is 0.0444. The third kappa shape index (κ3) is 13.9. The first-order valence-corrected chi connectivity index (χ1v) is 19.5. The van der Waals surface area contributed by atoms with E-state index in [1.165, 1.54) is 11.6 Å². The maximum atomic E-state index is 12.1. The minimum atomic E-state index is -1.01. The number of nitrogens with one attached hydrogen (secondary N) is 1. The first kappa shape index (κ1) is 54.5. The summed E-state index contributed by atoms with van der Waals surface area (Å²) >= 11 is 0. The number of benzene rings is 3. The Morgan fingerprint density at radius 1 is 0.652 bits per heavy atom. The molecule has 338 valence electrons. The number of aromatic nitrogens is 7. The van der Waals surface area contributed by atoms with Crippen LogP contribution in [0, 0.1) is 13.8 Å². The molecule has 20 heteroatoms. The summed E-state index contributed by atoms with van der Waals surface area (Å²) in [7, 11) is 0. The van der Waals surface area contributed by atoms with Gasteiger partial charge in [0, 0.05) is 50.9 Å². The normalized spacial score (nSPS) is 9.85. The van der Waals surface area contributed by atoms with E-state index in [2.05, 4.69) is 35.3 Å². The molecule has 0 saturated carbocycles. The number of carbonyl (C=O) groups excluding carboxylic acids is 4. The summed E-state index contributed by atoms with van der Waals surface area (Å²) in [6.45, 7) is 8.72. The number of pyridine rings is 3. The molecule has 0 spiro atoms. The van der Waals surface area contributed by atoms with Gasteiger partial charge in [-0.1, -0.05) is 72.8 Å². The van der Waals surface area contributed by atoms with E-state index < -0.39 is 17.7 Å². The first-order valence-electron chi connectivity index (χ1n) is 19.5. The number of esters is 2. The fourth-order valence-electron chi connectivity index (χ4n) is 6.15. The van der Waals surface area contributed by atoms with Crippen LogP contribution in [0.4, 0.5) is 5.69 Å². The van der Waals surface area contributed by atoms with Crippen LogP contribution in [0.1, 0.15) is 59.6 Å². The first-order chi connectivity index (χ1) is 30.4. The molecule has 8 aromatic rings. The van der Waals surface area contributed by atoms with Crippen LogP contribution in [-0.4, -0.2) is 93.3 Å². The van der Waals surface area contributed by atoms with Crippen molar-refractivity contribution in [3.63, 3.8) is 0 Å². The number of nitrogens with zero attached hydrogens (tertiary/aromatic N) is 7. The van der Waals surface area contributed by atoms with Crippen molar-refractivity contribution in [2.75, 3.05) is 18.6 Å². The smallest absolute Gasteiger partial charge is 0.870 e. The number of carboxylic acid groups (broad SMARTS) is 1. The van der Waals surface area contributed by atoms with E-state index in [1.54, 1.807) is 68.6 Å². The summed E-state index contributed by atoms with van der Waals surface area (Å²) in [5, 5.41) is 23.9. The topological polar surface area (TPSA) is 298 Å². The molecule has 3 aromatic carbocycles. The Morgan fingerprint density at radius 3 is 1.53 bits per heavy atom. The molecule has 0 amide bonds. The number of nitrogens with two attached hydrogens (primary N) is 1. The molecule has 5 aromatic heterocycles. The van der Waals surface area contributed by atoms with E-state index in [1.807, 2.05) is 85.9 Å². The van der Waals surface area contributed by atoms with Gasteiger partial charge in [0.05, 0.1) is 66.7 Å². The number of rotatable bonds is 10. The summed E-state index contributed by atoms with van der Waals surface area (Å²) < 4.78 is 12.5. The standard InChI is InChI=1S/C16H15N3O2.C14H11N3O2.C9H9N3.C7H10O4.Li.2H2O/c1-3-21-16(20)14-8-11(2)18-19(14)15-10-17-9-12-6-4-5-7-13(12)15;1-9-6-12(14(18)19)17(16-9)13-8-15-7-10-4-2-3-5-11(10)13;10-12-9-6-11-5-7-3-1-2-4-8(7)9;1-3-11-7(10)6(9)4-5(2)8;;;/h4-10H,3H2,1-2H3;2-8H,1H3,(H,18,19);1-6,12H,10H2;3-4H2,1-2H3;;2*1H2/q;;;;+1;;/p-1. The van der Waals surface area contributed by atoms with Crippen LogP contribution in [0.5, 0.6) is 0 Å². The second kappa shape index (κ2) is 26.2. The average molecular weight is 894 g/mol. The van der Waals surface area contributed by atoms with Gasteiger partial charge in [-0.15, -0.1) is 0 Å². The largest absolute Gasteiger partial charge is 1.00 e. The van der Waals surface area contributed by atoms with Gasteiger partial charge in [-0.25, -0.2) is 23.7 Å². The monoisotopic (exact) mass is 893 g/mol. The molecule has 66 heavy (non-hydrogen) atoms. The number of hydrogen-bond donors (Lipinski definition) is 3. The van der Waals surface area contributed by atoms with Gasteiger partial charge in [0.1, 0.15) is 5.78 Å². The summed E-state index contributed by atoms with van der Waals surface area (Å²) in [4.78, 5) is 67.3. The molecule has 5 heterocycles. The zero-order chi connectivity index (χ0) is 45.5.